The zero-order valence-corrected chi connectivity index (χ0v) is 7.11. The minimum absolute atomic E-state index is 0.336. The number of rotatable bonds is 3. The second-order valence-electron chi connectivity index (χ2n) is 3.18. The van der Waals surface area contributed by atoms with Crippen LogP contribution in [0, 0.1) is 0 Å². The fourth-order valence-corrected chi connectivity index (χ4v) is 1.57. The molecular weight excluding hydrogens is 152 g/mol. The number of hydrogen-bond acceptors (Lipinski definition) is 2. The van der Waals surface area contributed by atoms with Crippen LogP contribution in [0.3, 0.4) is 0 Å². The molecule has 0 bridgehead atoms. The van der Waals surface area contributed by atoms with Crippen molar-refractivity contribution in [2.75, 3.05) is 13.2 Å². The molecule has 0 unspecified atom stereocenters. The van der Waals surface area contributed by atoms with E-state index in [0.29, 0.717) is 12.2 Å². The largest absolute Gasteiger partial charge is 0.370 e. The zero-order chi connectivity index (χ0) is 8.23. The Balaban J connectivity index is 1.67. The SMILES string of the molecule is C1=C[C@H](CC[C@H]2C=CCO2)OC1. The van der Waals surface area contributed by atoms with Gasteiger partial charge in [0.15, 0.2) is 0 Å². The van der Waals surface area contributed by atoms with Crippen molar-refractivity contribution < 1.29 is 9.47 Å². The predicted octanol–water partition coefficient (Wildman–Crippen LogP) is 1.68. The summed E-state index contributed by atoms with van der Waals surface area (Å²) in [5.41, 5.74) is 0. The number of ether oxygens (including phenoxy) is 2. The molecule has 0 saturated carbocycles. The summed E-state index contributed by atoms with van der Waals surface area (Å²) >= 11 is 0. The molecule has 2 aliphatic rings. The summed E-state index contributed by atoms with van der Waals surface area (Å²) in [5.74, 6) is 0. The van der Waals surface area contributed by atoms with Gasteiger partial charge in [0.2, 0.25) is 0 Å². The van der Waals surface area contributed by atoms with Gasteiger partial charge >= 0.3 is 0 Å². The van der Waals surface area contributed by atoms with Crippen LogP contribution in [-0.4, -0.2) is 25.4 Å². The Morgan fingerprint density at radius 3 is 1.75 bits per heavy atom. The fraction of sp³-hybridized carbons (Fsp3) is 0.600. The van der Waals surface area contributed by atoms with E-state index in [2.05, 4.69) is 24.3 Å². The van der Waals surface area contributed by atoms with Crippen molar-refractivity contribution in [3.05, 3.63) is 24.3 Å². The summed E-state index contributed by atoms with van der Waals surface area (Å²) in [6.45, 7) is 1.57. The zero-order valence-electron chi connectivity index (χ0n) is 7.11. The summed E-state index contributed by atoms with van der Waals surface area (Å²) in [6, 6.07) is 0. The Labute approximate surface area is 72.9 Å². The van der Waals surface area contributed by atoms with Gasteiger partial charge in [0.1, 0.15) is 0 Å². The van der Waals surface area contributed by atoms with Crippen molar-refractivity contribution in [2.24, 2.45) is 0 Å². The highest BCUT2D eigenvalue weighted by Crippen LogP contribution is 2.15. The smallest absolute Gasteiger partial charge is 0.0762 e. The van der Waals surface area contributed by atoms with Crippen LogP contribution in [0.2, 0.25) is 0 Å². The second kappa shape index (κ2) is 3.87. The molecule has 66 valence electrons. The van der Waals surface area contributed by atoms with Gasteiger partial charge in [0, 0.05) is 0 Å². The first-order chi connectivity index (χ1) is 5.95. The minimum Gasteiger partial charge on any atom is -0.370 e. The molecule has 0 aromatic heterocycles. The molecule has 0 N–H and O–H groups in total. The average molecular weight is 166 g/mol. The molecule has 2 aliphatic heterocycles. The summed E-state index contributed by atoms with van der Waals surface area (Å²) in [5, 5.41) is 0. The van der Waals surface area contributed by atoms with Gasteiger partial charge in [0.05, 0.1) is 25.4 Å². The molecule has 2 atom stereocenters. The van der Waals surface area contributed by atoms with Crippen molar-refractivity contribution in [2.45, 2.75) is 25.0 Å². The molecule has 0 fully saturated rings. The highest BCUT2D eigenvalue weighted by Gasteiger charge is 2.14. The lowest BCUT2D eigenvalue weighted by molar-refractivity contribution is 0.0840. The first kappa shape index (κ1) is 8.02. The van der Waals surface area contributed by atoms with Crippen LogP contribution in [0.15, 0.2) is 24.3 Å². The Hall–Kier alpha value is -0.600. The normalized spacial score (nSPS) is 33.3. The summed E-state index contributed by atoms with van der Waals surface area (Å²) in [6.07, 6.45) is 11.3. The maximum Gasteiger partial charge on any atom is 0.0762 e. The molecule has 12 heavy (non-hydrogen) atoms. The molecule has 2 heteroatoms. The molecule has 0 aliphatic carbocycles. The average Bonchev–Trinajstić information content (AvgIpc) is 2.74. The number of hydrogen-bond donors (Lipinski definition) is 0. The van der Waals surface area contributed by atoms with Crippen LogP contribution in [0.5, 0.6) is 0 Å². The van der Waals surface area contributed by atoms with Gasteiger partial charge in [-0.25, -0.2) is 0 Å². The molecule has 0 aromatic carbocycles. The van der Waals surface area contributed by atoms with E-state index in [9.17, 15) is 0 Å². The maximum atomic E-state index is 5.42. The third-order valence-corrected chi connectivity index (χ3v) is 2.25. The lowest BCUT2D eigenvalue weighted by Crippen LogP contribution is -2.11. The summed E-state index contributed by atoms with van der Waals surface area (Å²) in [4.78, 5) is 0. The van der Waals surface area contributed by atoms with Crippen LogP contribution < -0.4 is 0 Å². The van der Waals surface area contributed by atoms with Crippen molar-refractivity contribution in [1.29, 1.82) is 0 Å². The standard InChI is InChI=1S/C10H14O2/c1-3-9(11-7-1)5-6-10-4-2-8-12-10/h1-4,9-10H,5-8H2/t9-,10-/m1/s1. The monoisotopic (exact) mass is 166 g/mol. The van der Waals surface area contributed by atoms with Gasteiger partial charge in [-0.3, -0.25) is 0 Å². The van der Waals surface area contributed by atoms with E-state index in [4.69, 9.17) is 9.47 Å². The van der Waals surface area contributed by atoms with E-state index < -0.39 is 0 Å². The third kappa shape index (κ3) is 1.96. The van der Waals surface area contributed by atoms with Gasteiger partial charge in [-0.15, -0.1) is 0 Å². The van der Waals surface area contributed by atoms with Crippen LogP contribution in [0.4, 0.5) is 0 Å². The highest BCUT2D eigenvalue weighted by atomic mass is 16.5. The van der Waals surface area contributed by atoms with Crippen LogP contribution in [0.25, 0.3) is 0 Å². The minimum atomic E-state index is 0.336. The van der Waals surface area contributed by atoms with Gasteiger partial charge in [-0.2, -0.15) is 0 Å². The highest BCUT2D eigenvalue weighted by molar-refractivity contribution is 4.99. The van der Waals surface area contributed by atoms with E-state index in [-0.39, 0.29) is 0 Å². The van der Waals surface area contributed by atoms with E-state index in [1.165, 1.54) is 0 Å². The topological polar surface area (TPSA) is 18.5 Å². The first-order valence-electron chi connectivity index (χ1n) is 4.52. The lowest BCUT2D eigenvalue weighted by Gasteiger charge is -2.11. The van der Waals surface area contributed by atoms with Crippen LogP contribution in [0.1, 0.15) is 12.8 Å². The van der Waals surface area contributed by atoms with Crippen molar-refractivity contribution in [3.8, 4) is 0 Å². The molecule has 0 radical (unpaired) electrons. The molecule has 2 rings (SSSR count). The molecule has 0 aromatic rings. The molecule has 0 saturated heterocycles. The van der Waals surface area contributed by atoms with E-state index in [0.717, 1.165) is 26.1 Å². The Bertz CT molecular complexity index is 174. The van der Waals surface area contributed by atoms with Crippen LogP contribution >= 0.6 is 0 Å². The van der Waals surface area contributed by atoms with Crippen molar-refractivity contribution in [1.82, 2.24) is 0 Å². The lowest BCUT2D eigenvalue weighted by atomic mass is 10.1. The predicted molar refractivity (Wildman–Crippen MR) is 47.0 cm³/mol. The van der Waals surface area contributed by atoms with Gasteiger partial charge in [-0.05, 0) is 12.8 Å². The van der Waals surface area contributed by atoms with Crippen molar-refractivity contribution >= 4 is 0 Å². The summed E-state index contributed by atoms with van der Waals surface area (Å²) in [7, 11) is 0. The molecule has 2 heterocycles. The quantitative estimate of drug-likeness (QED) is 0.594. The van der Waals surface area contributed by atoms with Gasteiger partial charge in [-0.1, -0.05) is 24.3 Å². The third-order valence-electron chi connectivity index (χ3n) is 2.25. The second-order valence-corrected chi connectivity index (χ2v) is 3.18. The fourth-order valence-electron chi connectivity index (χ4n) is 1.57. The van der Waals surface area contributed by atoms with E-state index in [1.54, 1.807) is 0 Å². The Morgan fingerprint density at radius 2 is 1.42 bits per heavy atom. The molecular formula is C10H14O2. The Kier molecular flexibility index (Phi) is 2.59. The Morgan fingerprint density at radius 1 is 0.917 bits per heavy atom. The van der Waals surface area contributed by atoms with Gasteiger partial charge < -0.3 is 9.47 Å². The van der Waals surface area contributed by atoms with Crippen molar-refractivity contribution in [3.63, 3.8) is 0 Å². The molecule has 2 nitrogen and oxygen atoms in total. The molecule has 0 amide bonds. The maximum absolute atomic E-state index is 5.42. The van der Waals surface area contributed by atoms with Crippen LogP contribution in [-0.2, 0) is 9.47 Å². The van der Waals surface area contributed by atoms with E-state index >= 15 is 0 Å². The van der Waals surface area contributed by atoms with Gasteiger partial charge in [0.25, 0.3) is 0 Å². The summed E-state index contributed by atoms with van der Waals surface area (Å²) < 4.78 is 10.8. The molecule has 0 spiro atoms. The first-order valence-corrected chi connectivity index (χ1v) is 4.52. The van der Waals surface area contributed by atoms with E-state index in [1.807, 2.05) is 0 Å².